The van der Waals surface area contributed by atoms with Gasteiger partial charge in [0.1, 0.15) is 0 Å². The van der Waals surface area contributed by atoms with Crippen molar-refractivity contribution in [2.45, 2.75) is 32.4 Å². The molecule has 1 atom stereocenters. The Morgan fingerprint density at radius 2 is 2.00 bits per heavy atom. The van der Waals surface area contributed by atoms with Crippen LogP contribution >= 0.6 is 0 Å². The number of benzene rings is 1. The second-order valence-corrected chi connectivity index (χ2v) is 5.98. The van der Waals surface area contributed by atoms with E-state index in [1.807, 2.05) is 12.4 Å². The Morgan fingerprint density at radius 1 is 1.25 bits per heavy atom. The zero-order chi connectivity index (χ0) is 14.8. The molecule has 2 rings (SSSR count). The Kier molecular flexibility index (Phi) is 4.41. The van der Waals surface area contributed by atoms with E-state index in [9.17, 15) is 0 Å². The maximum absolute atomic E-state index is 4.30. The number of likely N-dealkylation sites (N-methyl/N-ethyl adjacent to an activating group) is 2. The number of hydrogen-bond donors (Lipinski definition) is 1. The Hall–Kier alpha value is -1.45. The molecular weight excluding hydrogens is 246 g/mol. The molecular formula is C17H25N3. The van der Waals surface area contributed by atoms with E-state index in [-0.39, 0.29) is 11.6 Å². The number of rotatable bonds is 5. The van der Waals surface area contributed by atoms with Gasteiger partial charge in [0, 0.05) is 23.3 Å². The zero-order valence-electron chi connectivity index (χ0n) is 13.1. The second kappa shape index (κ2) is 5.90. The number of fused-ring (bicyclic) bond motifs is 1. The van der Waals surface area contributed by atoms with Gasteiger partial charge in [0.05, 0.1) is 6.04 Å². The molecule has 0 amide bonds. The topological polar surface area (TPSA) is 28.2 Å². The number of hydrogen-bond acceptors (Lipinski definition) is 3. The van der Waals surface area contributed by atoms with Gasteiger partial charge in [-0.1, -0.05) is 25.1 Å². The lowest BCUT2D eigenvalue weighted by atomic mass is 9.85. The molecule has 1 heterocycles. The Labute approximate surface area is 122 Å². The molecule has 2 aromatic rings. The third kappa shape index (κ3) is 2.69. The number of nitrogens with zero attached hydrogens (tertiary/aromatic N) is 2. The largest absolute Gasteiger partial charge is 0.309 e. The highest BCUT2D eigenvalue weighted by molar-refractivity contribution is 5.85. The maximum Gasteiger partial charge on any atom is 0.0508 e. The van der Waals surface area contributed by atoms with Crippen molar-refractivity contribution in [3.63, 3.8) is 0 Å². The first-order valence-corrected chi connectivity index (χ1v) is 7.22. The molecule has 1 aromatic carbocycles. The quantitative estimate of drug-likeness (QED) is 0.905. The minimum atomic E-state index is 0.0140. The van der Waals surface area contributed by atoms with Crippen molar-refractivity contribution < 1.29 is 0 Å². The number of pyridine rings is 1. The fourth-order valence-corrected chi connectivity index (χ4v) is 2.59. The van der Waals surface area contributed by atoms with Crippen LogP contribution in [0.3, 0.4) is 0 Å². The lowest BCUT2D eigenvalue weighted by molar-refractivity contribution is 0.139. The predicted molar refractivity (Wildman–Crippen MR) is 85.9 cm³/mol. The number of nitrogens with one attached hydrogen (secondary N) is 1. The van der Waals surface area contributed by atoms with Gasteiger partial charge in [-0.15, -0.1) is 0 Å². The van der Waals surface area contributed by atoms with E-state index < -0.39 is 0 Å². The highest BCUT2D eigenvalue weighted by Crippen LogP contribution is 2.33. The average Bonchev–Trinajstić information content (AvgIpc) is 2.44. The SMILES string of the molecule is CCNC(c1cccc2ccncc12)C(C)(C)N(C)C. The zero-order valence-corrected chi connectivity index (χ0v) is 13.1. The summed E-state index contributed by atoms with van der Waals surface area (Å²) >= 11 is 0. The van der Waals surface area contributed by atoms with Crippen molar-refractivity contribution in [2.75, 3.05) is 20.6 Å². The molecule has 0 radical (unpaired) electrons. The molecule has 0 saturated carbocycles. The summed E-state index contributed by atoms with van der Waals surface area (Å²) in [7, 11) is 4.27. The molecule has 0 aliphatic heterocycles. The fourth-order valence-electron chi connectivity index (χ4n) is 2.59. The highest BCUT2D eigenvalue weighted by atomic mass is 15.2. The van der Waals surface area contributed by atoms with Crippen LogP contribution in [-0.4, -0.2) is 36.1 Å². The second-order valence-electron chi connectivity index (χ2n) is 5.98. The van der Waals surface area contributed by atoms with Crippen LogP contribution in [0, 0.1) is 0 Å². The summed E-state index contributed by atoms with van der Waals surface area (Å²) in [6.07, 6.45) is 3.83. The van der Waals surface area contributed by atoms with Crippen molar-refractivity contribution >= 4 is 10.8 Å². The van der Waals surface area contributed by atoms with E-state index in [1.54, 1.807) is 0 Å². The molecule has 3 nitrogen and oxygen atoms in total. The lowest BCUT2D eigenvalue weighted by Crippen LogP contribution is -2.49. The van der Waals surface area contributed by atoms with Gasteiger partial charge in [-0.25, -0.2) is 0 Å². The van der Waals surface area contributed by atoms with Crippen LogP contribution in [0.5, 0.6) is 0 Å². The standard InChI is InChI=1S/C17H25N3/c1-6-19-16(17(2,3)20(4)5)14-9-7-8-13-10-11-18-12-15(13)14/h7-12,16,19H,6H2,1-5H3. The van der Waals surface area contributed by atoms with Gasteiger partial charge < -0.3 is 10.2 Å². The molecule has 108 valence electrons. The minimum Gasteiger partial charge on any atom is -0.309 e. The van der Waals surface area contributed by atoms with E-state index in [4.69, 9.17) is 0 Å². The van der Waals surface area contributed by atoms with E-state index in [1.165, 1.54) is 16.3 Å². The van der Waals surface area contributed by atoms with E-state index in [0.717, 1.165) is 6.54 Å². The van der Waals surface area contributed by atoms with Gasteiger partial charge in [-0.2, -0.15) is 0 Å². The third-order valence-electron chi connectivity index (χ3n) is 4.30. The van der Waals surface area contributed by atoms with Crippen molar-refractivity contribution in [2.24, 2.45) is 0 Å². The van der Waals surface area contributed by atoms with E-state index in [2.05, 4.69) is 74.3 Å². The van der Waals surface area contributed by atoms with Crippen molar-refractivity contribution in [3.8, 4) is 0 Å². The third-order valence-corrected chi connectivity index (χ3v) is 4.30. The lowest BCUT2D eigenvalue weighted by Gasteiger charge is -2.41. The fraction of sp³-hybridized carbons (Fsp3) is 0.471. The monoisotopic (exact) mass is 271 g/mol. The smallest absolute Gasteiger partial charge is 0.0508 e. The van der Waals surface area contributed by atoms with Crippen molar-refractivity contribution in [3.05, 3.63) is 42.2 Å². The predicted octanol–water partition coefficient (Wildman–Crippen LogP) is 3.23. The summed E-state index contributed by atoms with van der Waals surface area (Å²) in [5.41, 5.74) is 1.33. The van der Waals surface area contributed by atoms with Gasteiger partial charge in [0.2, 0.25) is 0 Å². The maximum atomic E-state index is 4.30. The summed E-state index contributed by atoms with van der Waals surface area (Å²) < 4.78 is 0. The normalized spacial score (nSPS) is 13.9. The molecule has 0 aliphatic carbocycles. The summed E-state index contributed by atoms with van der Waals surface area (Å²) in [6.45, 7) is 7.64. The van der Waals surface area contributed by atoms with Crippen LogP contribution in [0.2, 0.25) is 0 Å². The van der Waals surface area contributed by atoms with Crippen LogP contribution in [0.4, 0.5) is 0 Å². The van der Waals surface area contributed by atoms with Crippen LogP contribution in [0.15, 0.2) is 36.7 Å². The molecule has 0 bridgehead atoms. The molecule has 0 aliphatic rings. The van der Waals surface area contributed by atoms with Crippen LogP contribution in [0.1, 0.15) is 32.4 Å². The van der Waals surface area contributed by atoms with Crippen LogP contribution in [0.25, 0.3) is 10.8 Å². The van der Waals surface area contributed by atoms with Crippen LogP contribution in [-0.2, 0) is 0 Å². The first-order valence-electron chi connectivity index (χ1n) is 7.22. The molecule has 20 heavy (non-hydrogen) atoms. The molecule has 3 heteroatoms. The van der Waals surface area contributed by atoms with Gasteiger partial charge >= 0.3 is 0 Å². The first kappa shape index (κ1) is 14.9. The Balaban J connectivity index is 2.58. The van der Waals surface area contributed by atoms with Gasteiger partial charge in [0.15, 0.2) is 0 Å². The minimum absolute atomic E-state index is 0.0140. The number of aromatic nitrogens is 1. The molecule has 0 fully saturated rings. The first-order chi connectivity index (χ1) is 9.48. The van der Waals surface area contributed by atoms with Crippen LogP contribution < -0.4 is 5.32 Å². The summed E-state index contributed by atoms with van der Waals surface area (Å²) in [5, 5.41) is 6.12. The van der Waals surface area contributed by atoms with Crippen molar-refractivity contribution in [1.82, 2.24) is 15.2 Å². The Bertz CT molecular complexity index is 570. The molecule has 1 N–H and O–H groups in total. The Morgan fingerprint density at radius 3 is 2.65 bits per heavy atom. The van der Waals surface area contributed by atoms with Crippen molar-refractivity contribution in [1.29, 1.82) is 0 Å². The average molecular weight is 271 g/mol. The van der Waals surface area contributed by atoms with E-state index >= 15 is 0 Å². The van der Waals surface area contributed by atoms with Gasteiger partial charge in [-0.05, 0) is 51.5 Å². The molecule has 0 saturated heterocycles. The van der Waals surface area contributed by atoms with Gasteiger partial charge in [0.25, 0.3) is 0 Å². The summed E-state index contributed by atoms with van der Waals surface area (Å²) in [5.74, 6) is 0. The molecule has 1 aromatic heterocycles. The molecule has 1 unspecified atom stereocenters. The molecule has 0 spiro atoms. The van der Waals surface area contributed by atoms with E-state index in [0.29, 0.717) is 0 Å². The highest BCUT2D eigenvalue weighted by Gasteiger charge is 2.33. The summed E-state index contributed by atoms with van der Waals surface area (Å²) in [6, 6.07) is 8.82. The summed E-state index contributed by atoms with van der Waals surface area (Å²) in [4.78, 5) is 6.57. The van der Waals surface area contributed by atoms with Gasteiger partial charge in [-0.3, -0.25) is 4.98 Å².